The molecule has 0 saturated carbocycles. The first-order valence-corrected chi connectivity index (χ1v) is 7.60. The number of anilines is 1. The first-order valence-electron chi connectivity index (χ1n) is 7.60. The number of benzene rings is 2. The lowest BCUT2D eigenvalue weighted by Crippen LogP contribution is -2.34. The number of hydrogen-bond donors (Lipinski definition) is 1. The van der Waals surface area contributed by atoms with Gasteiger partial charge in [-0.1, -0.05) is 55.0 Å². The number of aryl methyl sites for hydroxylation is 1. The van der Waals surface area contributed by atoms with E-state index in [-0.39, 0.29) is 6.04 Å². The maximum absolute atomic E-state index is 11.3. The molecule has 2 aromatic rings. The van der Waals surface area contributed by atoms with Crippen molar-refractivity contribution >= 4 is 11.7 Å². The van der Waals surface area contributed by atoms with Crippen LogP contribution < -0.4 is 4.90 Å². The Bertz CT molecular complexity index is 607. The summed E-state index contributed by atoms with van der Waals surface area (Å²) in [5, 5.41) is 9.25. The van der Waals surface area contributed by atoms with E-state index < -0.39 is 11.9 Å². The highest BCUT2D eigenvalue weighted by molar-refractivity contribution is 5.70. The molecule has 22 heavy (non-hydrogen) atoms. The highest BCUT2D eigenvalue weighted by atomic mass is 16.4. The third-order valence-electron chi connectivity index (χ3n) is 4.01. The maximum Gasteiger partial charge on any atom is 0.308 e. The zero-order valence-electron chi connectivity index (χ0n) is 13.4. The molecule has 0 heterocycles. The van der Waals surface area contributed by atoms with Crippen molar-refractivity contribution in [1.82, 2.24) is 0 Å². The van der Waals surface area contributed by atoms with E-state index in [2.05, 4.69) is 55.1 Å². The van der Waals surface area contributed by atoms with Crippen LogP contribution in [0.5, 0.6) is 0 Å². The lowest BCUT2D eigenvalue weighted by Gasteiger charge is -2.33. The summed E-state index contributed by atoms with van der Waals surface area (Å²) in [5.74, 6) is -1.19. The third kappa shape index (κ3) is 3.88. The Kier molecular flexibility index (Phi) is 5.21. The largest absolute Gasteiger partial charge is 0.481 e. The van der Waals surface area contributed by atoms with Crippen LogP contribution in [-0.4, -0.2) is 17.6 Å². The molecule has 0 saturated heterocycles. The smallest absolute Gasteiger partial charge is 0.308 e. The quantitative estimate of drug-likeness (QED) is 0.865. The Hall–Kier alpha value is -2.29. The maximum atomic E-state index is 11.3. The molecule has 0 spiro atoms. The SMILES string of the molecule is Cc1ccc(N(CC(C)C(=O)O)C(C)c2ccccc2)cc1. The van der Waals surface area contributed by atoms with Gasteiger partial charge in [-0.05, 0) is 31.5 Å². The van der Waals surface area contributed by atoms with Crippen LogP contribution in [0.4, 0.5) is 5.69 Å². The first kappa shape index (κ1) is 16.1. The molecule has 2 rings (SSSR count). The van der Waals surface area contributed by atoms with Gasteiger partial charge in [0.2, 0.25) is 0 Å². The molecule has 0 radical (unpaired) electrons. The molecule has 116 valence electrons. The number of rotatable bonds is 6. The van der Waals surface area contributed by atoms with Crippen LogP contribution in [0, 0.1) is 12.8 Å². The average Bonchev–Trinajstić information content (AvgIpc) is 2.53. The van der Waals surface area contributed by atoms with Crippen LogP contribution in [-0.2, 0) is 4.79 Å². The van der Waals surface area contributed by atoms with Crippen LogP contribution >= 0.6 is 0 Å². The van der Waals surface area contributed by atoms with Crippen LogP contribution in [0.1, 0.15) is 31.0 Å². The van der Waals surface area contributed by atoms with E-state index in [1.54, 1.807) is 6.92 Å². The van der Waals surface area contributed by atoms with Crippen LogP contribution in [0.25, 0.3) is 0 Å². The van der Waals surface area contributed by atoms with Gasteiger partial charge < -0.3 is 10.0 Å². The summed E-state index contributed by atoms with van der Waals surface area (Å²) in [6.45, 7) is 6.40. The van der Waals surface area contributed by atoms with Crippen LogP contribution in [0.2, 0.25) is 0 Å². The molecule has 0 aromatic heterocycles. The topological polar surface area (TPSA) is 40.5 Å². The minimum Gasteiger partial charge on any atom is -0.481 e. The standard InChI is InChI=1S/C19H23NO2/c1-14-9-11-18(12-10-14)20(13-15(2)19(21)22)16(3)17-7-5-4-6-8-17/h4-12,15-16H,13H2,1-3H3,(H,21,22). The fourth-order valence-corrected chi connectivity index (χ4v) is 2.51. The van der Waals surface area contributed by atoms with Crippen molar-refractivity contribution in [1.29, 1.82) is 0 Å². The van der Waals surface area contributed by atoms with Gasteiger partial charge in [0.05, 0.1) is 12.0 Å². The van der Waals surface area contributed by atoms with Crippen LogP contribution in [0.15, 0.2) is 54.6 Å². The molecule has 0 bridgehead atoms. The van der Waals surface area contributed by atoms with Crippen molar-refractivity contribution in [3.8, 4) is 0 Å². The molecule has 0 aliphatic rings. The van der Waals surface area contributed by atoms with E-state index in [1.807, 2.05) is 18.2 Å². The fourth-order valence-electron chi connectivity index (χ4n) is 2.51. The van der Waals surface area contributed by atoms with Crippen molar-refractivity contribution < 1.29 is 9.90 Å². The molecule has 2 atom stereocenters. The van der Waals surface area contributed by atoms with Crippen molar-refractivity contribution in [3.05, 3.63) is 65.7 Å². The summed E-state index contributed by atoms with van der Waals surface area (Å²) in [7, 11) is 0. The second kappa shape index (κ2) is 7.12. The van der Waals surface area contributed by atoms with Gasteiger partial charge in [0.15, 0.2) is 0 Å². The normalized spacial score (nSPS) is 13.4. The lowest BCUT2D eigenvalue weighted by atomic mass is 10.0. The van der Waals surface area contributed by atoms with Crippen molar-refractivity contribution in [2.75, 3.05) is 11.4 Å². The monoisotopic (exact) mass is 297 g/mol. The van der Waals surface area contributed by atoms with E-state index in [9.17, 15) is 9.90 Å². The lowest BCUT2D eigenvalue weighted by molar-refractivity contribution is -0.140. The Morgan fingerprint density at radius 1 is 1.05 bits per heavy atom. The number of aliphatic carboxylic acids is 1. The second-order valence-electron chi connectivity index (χ2n) is 5.81. The van der Waals surface area contributed by atoms with Crippen molar-refractivity contribution in [2.24, 2.45) is 5.92 Å². The van der Waals surface area contributed by atoms with Gasteiger partial charge in [-0.3, -0.25) is 4.79 Å². The molecule has 3 nitrogen and oxygen atoms in total. The zero-order valence-corrected chi connectivity index (χ0v) is 13.4. The molecule has 2 unspecified atom stereocenters. The highest BCUT2D eigenvalue weighted by Gasteiger charge is 2.21. The average molecular weight is 297 g/mol. The summed E-state index contributed by atoms with van der Waals surface area (Å²) >= 11 is 0. The van der Waals surface area contributed by atoms with Crippen LogP contribution in [0.3, 0.4) is 0 Å². The molecule has 0 amide bonds. The highest BCUT2D eigenvalue weighted by Crippen LogP contribution is 2.28. The predicted molar refractivity (Wildman–Crippen MR) is 90.2 cm³/mol. The molecule has 0 aliphatic carbocycles. The van der Waals surface area contributed by atoms with E-state index in [1.165, 1.54) is 11.1 Å². The summed E-state index contributed by atoms with van der Waals surface area (Å²) in [4.78, 5) is 13.4. The molecule has 1 N–H and O–H groups in total. The Labute approximate surface area is 132 Å². The Morgan fingerprint density at radius 3 is 2.18 bits per heavy atom. The van der Waals surface area contributed by atoms with Gasteiger partial charge in [-0.2, -0.15) is 0 Å². The summed E-state index contributed by atoms with van der Waals surface area (Å²) < 4.78 is 0. The number of carboxylic acids is 1. The molecule has 3 heteroatoms. The number of carboxylic acid groups (broad SMARTS) is 1. The number of carbonyl (C=O) groups is 1. The van der Waals surface area contributed by atoms with Gasteiger partial charge in [0.25, 0.3) is 0 Å². The molecule has 0 aliphatic heterocycles. The summed E-state index contributed by atoms with van der Waals surface area (Å²) in [6, 6.07) is 18.5. The number of hydrogen-bond acceptors (Lipinski definition) is 2. The van der Waals surface area contributed by atoms with Gasteiger partial charge in [-0.15, -0.1) is 0 Å². The number of nitrogens with zero attached hydrogens (tertiary/aromatic N) is 1. The van der Waals surface area contributed by atoms with Gasteiger partial charge in [-0.25, -0.2) is 0 Å². The van der Waals surface area contributed by atoms with E-state index in [0.29, 0.717) is 6.54 Å². The first-order chi connectivity index (χ1) is 10.5. The third-order valence-corrected chi connectivity index (χ3v) is 4.01. The zero-order chi connectivity index (χ0) is 16.1. The Morgan fingerprint density at radius 2 is 1.64 bits per heavy atom. The second-order valence-corrected chi connectivity index (χ2v) is 5.81. The van der Waals surface area contributed by atoms with Gasteiger partial charge >= 0.3 is 5.97 Å². The summed E-state index contributed by atoms with van der Waals surface area (Å²) in [6.07, 6.45) is 0. The Balaban J connectivity index is 2.32. The molecular weight excluding hydrogens is 274 g/mol. The van der Waals surface area contributed by atoms with Crippen molar-refractivity contribution in [3.63, 3.8) is 0 Å². The van der Waals surface area contributed by atoms with Crippen molar-refractivity contribution in [2.45, 2.75) is 26.8 Å². The minimum absolute atomic E-state index is 0.116. The molecule has 2 aromatic carbocycles. The summed E-state index contributed by atoms with van der Waals surface area (Å²) in [5.41, 5.74) is 3.43. The van der Waals surface area contributed by atoms with E-state index in [4.69, 9.17) is 0 Å². The minimum atomic E-state index is -0.766. The van der Waals surface area contributed by atoms with E-state index in [0.717, 1.165) is 5.69 Å². The molecular formula is C19H23NO2. The predicted octanol–water partition coefficient (Wildman–Crippen LogP) is 4.28. The van der Waals surface area contributed by atoms with Gasteiger partial charge in [0, 0.05) is 12.2 Å². The molecule has 0 fully saturated rings. The van der Waals surface area contributed by atoms with Gasteiger partial charge in [0.1, 0.15) is 0 Å². The van der Waals surface area contributed by atoms with E-state index >= 15 is 0 Å². The fraction of sp³-hybridized carbons (Fsp3) is 0.316.